The summed E-state index contributed by atoms with van der Waals surface area (Å²) in [5.74, 6) is -1.01. The van der Waals surface area contributed by atoms with Gasteiger partial charge in [0.05, 0.1) is 6.26 Å². The maximum absolute atomic E-state index is 13.2. The van der Waals surface area contributed by atoms with Crippen LogP contribution in [0.4, 0.5) is 19.1 Å². The van der Waals surface area contributed by atoms with Gasteiger partial charge < -0.3 is 9.73 Å². The zero-order chi connectivity index (χ0) is 20.2. The number of allylic oxidation sites excluding steroid dienone is 2. The van der Waals surface area contributed by atoms with Crippen LogP contribution < -0.4 is 5.32 Å². The second-order valence-corrected chi connectivity index (χ2v) is 6.95. The fourth-order valence-electron chi connectivity index (χ4n) is 3.91. The Hall–Kier alpha value is -3.43. The minimum absolute atomic E-state index is 0.0502. The van der Waals surface area contributed by atoms with Crippen molar-refractivity contribution in [2.75, 3.05) is 5.32 Å². The van der Waals surface area contributed by atoms with Crippen molar-refractivity contribution in [3.05, 3.63) is 71.3 Å². The van der Waals surface area contributed by atoms with Gasteiger partial charge in [-0.2, -0.15) is 18.2 Å². The van der Waals surface area contributed by atoms with Gasteiger partial charge in [-0.1, -0.05) is 0 Å². The molecule has 3 aromatic rings. The van der Waals surface area contributed by atoms with E-state index in [1.165, 1.54) is 18.7 Å². The van der Waals surface area contributed by atoms with Crippen LogP contribution in [0.2, 0.25) is 0 Å². The zero-order valence-electron chi connectivity index (χ0n) is 14.8. The number of hydrogen-bond acceptors (Lipinski definition) is 6. The summed E-state index contributed by atoms with van der Waals surface area (Å²) in [7, 11) is 0. The van der Waals surface area contributed by atoms with Gasteiger partial charge in [0.25, 0.3) is 5.82 Å². The van der Waals surface area contributed by atoms with Gasteiger partial charge in [0, 0.05) is 36.0 Å². The topological polar surface area (TPSA) is 85.8 Å². The SMILES string of the molecule is O=C1C[C@H](c2ccco2)CC2=C1[C@H](c1ccncc1)n1nc(C(F)(F)F)nc1N2. The second kappa shape index (κ2) is 6.29. The molecule has 10 heteroatoms. The first-order valence-electron chi connectivity index (χ1n) is 8.92. The molecule has 0 amide bonds. The Bertz CT molecular complexity index is 1100. The molecule has 0 fully saturated rings. The van der Waals surface area contributed by atoms with E-state index in [0.717, 1.165) is 4.68 Å². The molecular formula is C19H14F3N5O2. The number of rotatable bonds is 2. The first-order chi connectivity index (χ1) is 13.9. The monoisotopic (exact) mass is 401 g/mol. The number of ketones is 1. The van der Waals surface area contributed by atoms with Gasteiger partial charge in [0.1, 0.15) is 11.8 Å². The molecule has 5 rings (SSSR count). The van der Waals surface area contributed by atoms with E-state index in [9.17, 15) is 18.0 Å². The van der Waals surface area contributed by atoms with Crippen LogP contribution >= 0.6 is 0 Å². The number of furan rings is 1. The van der Waals surface area contributed by atoms with Gasteiger partial charge in [0.2, 0.25) is 5.95 Å². The molecule has 3 aromatic heterocycles. The van der Waals surface area contributed by atoms with Crippen LogP contribution in [0.3, 0.4) is 0 Å². The van der Waals surface area contributed by atoms with Gasteiger partial charge in [0.15, 0.2) is 5.78 Å². The number of anilines is 1. The molecule has 2 aliphatic rings. The maximum atomic E-state index is 13.2. The van der Waals surface area contributed by atoms with Crippen LogP contribution in [-0.4, -0.2) is 25.5 Å². The largest absolute Gasteiger partial charge is 0.469 e. The van der Waals surface area contributed by atoms with Gasteiger partial charge in [-0.05, 0) is 36.2 Å². The Morgan fingerprint density at radius 3 is 2.66 bits per heavy atom. The number of fused-ring (bicyclic) bond motifs is 1. The summed E-state index contributed by atoms with van der Waals surface area (Å²) in [6.07, 6.45) is 0.506. The van der Waals surface area contributed by atoms with Crippen LogP contribution in [0, 0.1) is 0 Å². The van der Waals surface area contributed by atoms with E-state index in [1.54, 1.807) is 24.3 Å². The Labute approximate surface area is 162 Å². The molecule has 0 aromatic carbocycles. The van der Waals surface area contributed by atoms with Crippen molar-refractivity contribution in [3.63, 3.8) is 0 Å². The molecule has 0 radical (unpaired) electrons. The van der Waals surface area contributed by atoms with Crippen molar-refractivity contribution in [1.82, 2.24) is 19.7 Å². The molecule has 4 heterocycles. The number of aromatic nitrogens is 4. The van der Waals surface area contributed by atoms with Gasteiger partial charge in [-0.15, -0.1) is 5.10 Å². The Morgan fingerprint density at radius 2 is 1.97 bits per heavy atom. The van der Waals surface area contributed by atoms with E-state index >= 15 is 0 Å². The number of pyridine rings is 1. The molecule has 0 bridgehead atoms. The second-order valence-electron chi connectivity index (χ2n) is 6.95. The van der Waals surface area contributed by atoms with Crippen molar-refractivity contribution in [2.24, 2.45) is 0 Å². The number of nitrogens with one attached hydrogen (secondary N) is 1. The fourth-order valence-corrected chi connectivity index (χ4v) is 3.91. The van der Waals surface area contributed by atoms with Crippen molar-refractivity contribution in [1.29, 1.82) is 0 Å². The predicted octanol–water partition coefficient (Wildman–Crippen LogP) is 3.70. The van der Waals surface area contributed by atoms with Crippen LogP contribution in [0.1, 0.15) is 41.9 Å². The number of carbonyl (C=O) groups is 1. The van der Waals surface area contributed by atoms with Crippen LogP contribution in [-0.2, 0) is 11.0 Å². The number of nitrogens with zero attached hydrogens (tertiary/aromatic N) is 4. The third kappa shape index (κ3) is 2.91. The molecular weight excluding hydrogens is 387 g/mol. The van der Waals surface area contributed by atoms with Crippen LogP contribution in [0.15, 0.2) is 58.6 Å². The molecule has 1 aliphatic heterocycles. The quantitative estimate of drug-likeness (QED) is 0.705. The first kappa shape index (κ1) is 17.7. The van der Waals surface area contributed by atoms with Crippen molar-refractivity contribution in [2.45, 2.75) is 31.0 Å². The number of carbonyl (C=O) groups excluding carboxylic acids is 1. The van der Waals surface area contributed by atoms with E-state index in [0.29, 0.717) is 29.0 Å². The standard InChI is InChI=1S/C19H14F3N5O2/c20-19(21,22)17-25-18-24-12-8-11(14-2-1-7-29-14)9-13(28)15(12)16(27(18)26-17)10-3-5-23-6-4-10/h1-7,11,16H,8-9H2,(H,24,25,26)/t11-,16+/m1/s1. The third-order valence-corrected chi connectivity index (χ3v) is 5.14. The average molecular weight is 401 g/mol. The molecule has 1 N–H and O–H groups in total. The molecule has 0 spiro atoms. The zero-order valence-corrected chi connectivity index (χ0v) is 14.8. The van der Waals surface area contributed by atoms with Gasteiger partial charge in [-0.25, -0.2) is 4.68 Å². The molecule has 0 saturated carbocycles. The van der Waals surface area contributed by atoms with Crippen molar-refractivity contribution < 1.29 is 22.4 Å². The normalized spacial score (nSPS) is 21.6. The summed E-state index contributed by atoms with van der Waals surface area (Å²) >= 11 is 0. The highest BCUT2D eigenvalue weighted by Gasteiger charge is 2.43. The molecule has 148 valence electrons. The highest BCUT2D eigenvalue weighted by atomic mass is 19.4. The Balaban J connectivity index is 1.64. The fraction of sp³-hybridized carbons (Fsp3) is 0.263. The minimum Gasteiger partial charge on any atom is -0.469 e. The minimum atomic E-state index is -4.70. The lowest BCUT2D eigenvalue weighted by molar-refractivity contribution is -0.145. The highest BCUT2D eigenvalue weighted by molar-refractivity contribution is 6.00. The van der Waals surface area contributed by atoms with E-state index in [4.69, 9.17) is 4.42 Å². The molecule has 29 heavy (non-hydrogen) atoms. The molecule has 1 aliphatic carbocycles. The average Bonchev–Trinajstić information content (AvgIpc) is 3.36. The van der Waals surface area contributed by atoms with E-state index in [2.05, 4.69) is 20.4 Å². The lowest BCUT2D eigenvalue weighted by Gasteiger charge is -2.34. The number of Topliss-reactive ketones (excluding diaryl/α,β-unsaturated/α-hetero) is 1. The van der Waals surface area contributed by atoms with Crippen molar-refractivity contribution in [3.8, 4) is 0 Å². The molecule has 7 nitrogen and oxygen atoms in total. The summed E-state index contributed by atoms with van der Waals surface area (Å²) in [4.78, 5) is 20.7. The highest BCUT2D eigenvalue weighted by Crippen LogP contribution is 2.44. The summed E-state index contributed by atoms with van der Waals surface area (Å²) in [5, 5.41) is 6.57. The summed E-state index contributed by atoms with van der Waals surface area (Å²) in [6, 6.07) is 6.04. The number of halogens is 3. The Morgan fingerprint density at radius 1 is 1.17 bits per heavy atom. The number of hydrogen-bond donors (Lipinski definition) is 1. The van der Waals surface area contributed by atoms with Crippen molar-refractivity contribution >= 4 is 11.7 Å². The van der Waals surface area contributed by atoms with E-state index in [1.807, 2.05) is 0 Å². The smallest absolute Gasteiger partial charge is 0.453 e. The number of alkyl halides is 3. The molecule has 0 saturated heterocycles. The van der Waals surface area contributed by atoms with Gasteiger partial charge >= 0.3 is 6.18 Å². The summed E-state index contributed by atoms with van der Waals surface area (Å²) in [5.41, 5.74) is 1.54. The predicted molar refractivity (Wildman–Crippen MR) is 93.7 cm³/mol. The Kier molecular flexibility index (Phi) is 3.83. The van der Waals surface area contributed by atoms with Crippen LogP contribution in [0.25, 0.3) is 0 Å². The molecule has 0 unspecified atom stereocenters. The summed E-state index contributed by atoms with van der Waals surface area (Å²) < 4.78 is 46.3. The van der Waals surface area contributed by atoms with Gasteiger partial charge in [-0.3, -0.25) is 9.78 Å². The lowest BCUT2D eigenvalue weighted by atomic mass is 9.80. The lowest BCUT2D eigenvalue weighted by Crippen LogP contribution is -2.33. The summed E-state index contributed by atoms with van der Waals surface area (Å²) in [6.45, 7) is 0. The third-order valence-electron chi connectivity index (χ3n) is 5.14. The van der Waals surface area contributed by atoms with Crippen LogP contribution in [0.5, 0.6) is 0 Å². The van der Waals surface area contributed by atoms with E-state index < -0.39 is 18.0 Å². The van der Waals surface area contributed by atoms with E-state index in [-0.39, 0.29) is 24.1 Å². The first-order valence-corrected chi connectivity index (χ1v) is 8.92. The maximum Gasteiger partial charge on any atom is 0.453 e. The molecule has 2 atom stereocenters.